The predicted molar refractivity (Wildman–Crippen MR) is 94.2 cm³/mol. The van der Waals surface area contributed by atoms with E-state index in [0.29, 0.717) is 31.7 Å². The van der Waals surface area contributed by atoms with Crippen molar-refractivity contribution in [3.8, 4) is 5.75 Å². The first-order chi connectivity index (χ1) is 11.9. The van der Waals surface area contributed by atoms with Gasteiger partial charge in [-0.1, -0.05) is 11.6 Å². The average Bonchev–Trinajstić information content (AvgIpc) is 2.61. The minimum absolute atomic E-state index is 0.0809. The Labute approximate surface area is 153 Å². The van der Waals surface area contributed by atoms with E-state index in [0.717, 1.165) is 0 Å². The Balaban J connectivity index is 2.15. The lowest BCUT2D eigenvalue weighted by atomic mass is 9.99. The van der Waals surface area contributed by atoms with Crippen molar-refractivity contribution in [3.63, 3.8) is 0 Å². The van der Waals surface area contributed by atoms with Crippen LogP contribution in [0.15, 0.2) is 23.1 Å². The van der Waals surface area contributed by atoms with Crippen molar-refractivity contribution in [2.45, 2.75) is 24.7 Å². The Kier molecular flexibility index (Phi) is 7.06. The van der Waals surface area contributed by atoms with Crippen molar-refractivity contribution in [3.05, 3.63) is 23.2 Å². The van der Waals surface area contributed by atoms with Crippen molar-refractivity contribution in [1.82, 2.24) is 9.62 Å². The van der Waals surface area contributed by atoms with Crippen LogP contribution in [0.5, 0.6) is 5.75 Å². The first kappa shape index (κ1) is 20.0. The van der Waals surface area contributed by atoms with E-state index in [-0.39, 0.29) is 35.5 Å². The third-order valence-electron chi connectivity index (χ3n) is 4.01. The molecule has 1 atom stereocenters. The van der Waals surface area contributed by atoms with Gasteiger partial charge >= 0.3 is 0 Å². The van der Waals surface area contributed by atoms with E-state index in [1.165, 1.54) is 22.5 Å². The zero-order chi connectivity index (χ0) is 18.4. The molecule has 0 radical (unpaired) electrons. The van der Waals surface area contributed by atoms with Crippen LogP contribution in [0.25, 0.3) is 0 Å². The monoisotopic (exact) mass is 390 g/mol. The molecular weight excluding hydrogens is 368 g/mol. The molecule has 0 bridgehead atoms. The van der Waals surface area contributed by atoms with E-state index >= 15 is 0 Å². The first-order valence-corrected chi connectivity index (χ1v) is 10.0. The summed E-state index contributed by atoms with van der Waals surface area (Å²) in [6.45, 7) is 2.74. The number of ether oxygens (including phenoxy) is 1. The number of rotatable bonds is 7. The molecule has 9 heteroatoms. The SMILES string of the molecule is CCOc1ccc(S(=O)(=O)N2CCCC(C(=O)NCCO)C2)cc1Cl. The van der Waals surface area contributed by atoms with Crippen LogP contribution in [-0.4, -0.2) is 56.6 Å². The fraction of sp³-hybridized carbons (Fsp3) is 0.562. The number of nitrogens with zero attached hydrogens (tertiary/aromatic N) is 1. The highest BCUT2D eigenvalue weighted by Crippen LogP contribution is 2.30. The molecule has 1 heterocycles. The summed E-state index contributed by atoms with van der Waals surface area (Å²) in [6, 6.07) is 4.37. The van der Waals surface area contributed by atoms with Gasteiger partial charge in [-0.05, 0) is 38.0 Å². The minimum atomic E-state index is -3.74. The largest absolute Gasteiger partial charge is 0.492 e. The number of amides is 1. The predicted octanol–water partition coefficient (Wildman–Crippen LogP) is 1.25. The second kappa shape index (κ2) is 8.84. The molecule has 140 valence electrons. The molecule has 1 aromatic rings. The number of aliphatic hydroxyl groups excluding tert-OH is 1. The number of hydrogen-bond acceptors (Lipinski definition) is 5. The van der Waals surface area contributed by atoms with Crippen molar-refractivity contribution in [2.75, 3.05) is 32.8 Å². The number of piperidine rings is 1. The lowest BCUT2D eigenvalue weighted by Gasteiger charge is -2.31. The fourth-order valence-electron chi connectivity index (χ4n) is 2.76. The Morgan fingerprint density at radius 3 is 2.88 bits per heavy atom. The quantitative estimate of drug-likeness (QED) is 0.730. The molecule has 1 saturated heterocycles. The maximum Gasteiger partial charge on any atom is 0.243 e. The molecule has 1 aliphatic heterocycles. The molecule has 0 aliphatic carbocycles. The van der Waals surface area contributed by atoms with Crippen LogP contribution in [0, 0.1) is 5.92 Å². The molecular formula is C16H23ClN2O5S. The standard InChI is InChI=1S/C16H23ClN2O5S/c1-2-24-15-6-5-13(10-14(15)17)25(22,23)19-8-3-4-12(11-19)16(21)18-7-9-20/h5-6,10,12,20H,2-4,7-9,11H2,1H3,(H,18,21). The molecule has 0 spiro atoms. The summed E-state index contributed by atoms with van der Waals surface area (Å²) >= 11 is 6.09. The van der Waals surface area contributed by atoms with Gasteiger partial charge in [-0.3, -0.25) is 4.79 Å². The molecule has 1 aromatic carbocycles. The third-order valence-corrected chi connectivity index (χ3v) is 6.16. The van der Waals surface area contributed by atoms with Gasteiger partial charge in [-0.25, -0.2) is 8.42 Å². The van der Waals surface area contributed by atoms with E-state index in [2.05, 4.69) is 5.32 Å². The van der Waals surface area contributed by atoms with Gasteiger partial charge < -0.3 is 15.2 Å². The van der Waals surface area contributed by atoms with E-state index in [4.69, 9.17) is 21.4 Å². The van der Waals surface area contributed by atoms with Crippen LogP contribution < -0.4 is 10.1 Å². The van der Waals surface area contributed by atoms with E-state index in [1.807, 2.05) is 6.92 Å². The van der Waals surface area contributed by atoms with Crippen LogP contribution in [-0.2, 0) is 14.8 Å². The number of sulfonamides is 1. The van der Waals surface area contributed by atoms with Crippen molar-refractivity contribution in [2.24, 2.45) is 5.92 Å². The lowest BCUT2D eigenvalue weighted by Crippen LogP contribution is -2.45. The van der Waals surface area contributed by atoms with Gasteiger partial charge in [-0.2, -0.15) is 4.31 Å². The number of carbonyl (C=O) groups is 1. The highest BCUT2D eigenvalue weighted by atomic mass is 35.5. The molecule has 7 nitrogen and oxygen atoms in total. The van der Waals surface area contributed by atoms with E-state index < -0.39 is 15.9 Å². The zero-order valence-corrected chi connectivity index (χ0v) is 15.6. The molecule has 25 heavy (non-hydrogen) atoms. The fourth-order valence-corrected chi connectivity index (χ4v) is 4.61. The Hall–Kier alpha value is -1.35. The molecule has 1 fully saturated rings. The summed E-state index contributed by atoms with van der Waals surface area (Å²) in [5, 5.41) is 11.6. The van der Waals surface area contributed by atoms with Crippen LogP contribution in [0.4, 0.5) is 0 Å². The van der Waals surface area contributed by atoms with Gasteiger partial charge in [0, 0.05) is 19.6 Å². The van der Waals surface area contributed by atoms with Gasteiger partial charge in [0.25, 0.3) is 0 Å². The third kappa shape index (κ3) is 4.84. The summed E-state index contributed by atoms with van der Waals surface area (Å²) in [6.07, 6.45) is 1.22. The molecule has 1 amide bonds. The summed E-state index contributed by atoms with van der Waals surface area (Å²) in [5.41, 5.74) is 0. The normalized spacial score (nSPS) is 18.8. The van der Waals surface area contributed by atoms with Crippen LogP contribution in [0.2, 0.25) is 5.02 Å². The lowest BCUT2D eigenvalue weighted by molar-refractivity contribution is -0.126. The van der Waals surface area contributed by atoms with Crippen LogP contribution in [0.1, 0.15) is 19.8 Å². The Morgan fingerprint density at radius 2 is 2.24 bits per heavy atom. The van der Waals surface area contributed by atoms with Gasteiger partial charge in [0.1, 0.15) is 5.75 Å². The Morgan fingerprint density at radius 1 is 1.48 bits per heavy atom. The Bertz CT molecular complexity index is 710. The maximum atomic E-state index is 12.8. The van der Waals surface area contributed by atoms with Crippen LogP contribution in [0.3, 0.4) is 0 Å². The molecule has 2 rings (SSSR count). The van der Waals surface area contributed by atoms with E-state index in [1.54, 1.807) is 0 Å². The molecule has 1 unspecified atom stereocenters. The van der Waals surface area contributed by atoms with Gasteiger partial charge in [0.2, 0.25) is 15.9 Å². The summed E-state index contributed by atoms with van der Waals surface area (Å²) in [7, 11) is -3.74. The number of halogens is 1. The number of aliphatic hydroxyl groups is 1. The second-order valence-electron chi connectivity index (χ2n) is 5.74. The number of nitrogens with one attached hydrogen (secondary N) is 1. The second-order valence-corrected chi connectivity index (χ2v) is 8.09. The first-order valence-electron chi connectivity index (χ1n) is 8.21. The number of benzene rings is 1. The zero-order valence-electron chi connectivity index (χ0n) is 14.1. The van der Waals surface area contributed by atoms with Gasteiger partial charge in [0.05, 0.1) is 29.0 Å². The highest BCUT2D eigenvalue weighted by molar-refractivity contribution is 7.89. The highest BCUT2D eigenvalue weighted by Gasteiger charge is 2.33. The van der Waals surface area contributed by atoms with Crippen molar-refractivity contribution in [1.29, 1.82) is 0 Å². The van der Waals surface area contributed by atoms with Crippen molar-refractivity contribution < 1.29 is 23.1 Å². The average molecular weight is 391 g/mol. The van der Waals surface area contributed by atoms with E-state index in [9.17, 15) is 13.2 Å². The number of carbonyl (C=O) groups excluding carboxylic acids is 1. The maximum absolute atomic E-state index is 12.8. The van der Waals surface area contributed by atoms with Crippen LogP contribution >= 0.6 is 11.6 Å². The topological polar surface area (TPSA) is 95.9 Å². The minimum Gasteiger partial charge on any atom is -0.492 e. The van der Waals surface area contributed by atoms with Crippen molar-refractivity contribution >= 4 is 27.5 Å². The number of hydrogen-bond donors (Lipinski definition) is 2. The summed E-state index contributed by atoms with van der Waals surface area (Å²) in [4.78, 5) is 12.1. The summed E-state index contributed by atoms with van der Waals surface area (Å²) < 4.78 is 32.3. The molecule has 0 aromatic heterocycles. The molecule has 2 N–H and O–H groups in total. The smallest absolute Gasteiger partial charge is 0.243 e. The van der Waals surface area contributed by atoms with Gasteiger partial charge in [-0.15, -0.1) is 0 Å². The van der Waals surface area contributed by atoms with Gasteiger partial charge in [0.15, 0.2) is 0 Å². The molecule has 1 aliphatic rings. The summed E-state index contributed by atoms with van der Waals surface area (Å²) in [5.74, 6) is -0.227. The molecule has 0 saturated carbocycles.